The van der Waals surface area contributed by atoms with Crippen molar-refractivity contribution in [1.82, 2.24) is 4.90 Å². The number of rotatable bonds is 6. The molecule has 1 aliphatic rings. The third-order valence-electron chi connectivity index (χ3n) is 3.30. The summed E-state index contributed by atoms with van der Waals surface area (Å²) in [6, 6.07) is 3.01. The average molecular weight is 384 g/mol. The molecule has 0 bridgehead atoms. The molecule has 0 radical (unpaired) electrons. The van der Waals surface area contributed by atoms with Gasteiger partial charge in [-0.25, -0.2) is 0 Å². The Hall–Kier alpha value is -1.71. The number of carbonyl (C=O) groups is 2. The van der Waals surface area contributed by atoms with Crippen LogP contribution in [-0.2, 0) is 9.59 Å². The van der Waals surface area contributed by atoms with Crippen LogP contribution in [0.15, 0.2) is 23.1 Å². The van der Waals surface area contributed by atoms with Crippen LogP contribution in [0.4, 0.5) is 0 Å². The molecular weight excluding hydrogens is 370 g/mol. The van der Waals surface area contributed by atoms with Crippen LogP contribution in [-0.4, -0.2) is 49.4 Å². The van der Waals surface area contributed by atoms with Gasteiger partial charge in [-0.15, -0.1) is 0 Å². The molecule has 1 heterocycles. The molecule has 2 N–H and O–H groups in total. The van der Waals surface area contributed by atoms with Crippen LogP contribution in [0, 0.1) is 0 Å². The summed E-state index contributed by atoms with van der Waals surface area (Å²) in [5.41, 5.74) is 0.486. The van der Waals surface area contributed by atoms with E-state index in [9.17, 15) is 24.9 Å². The molecule has 1 amide bonds. The van der Waals surface area contributed by atoms with E-state index in [1.807, 2.05) is 6.26 Å². The number of thioether (sulfide) groups is 2. The van der Waals surface area contributed by atoms with Gasteiger partial charge in [-0.2, -0.15) is 11.8 Å². The molecule has 9 heteroatoms. The van der Waals surface area contributed by atoms with Crippen molar-refractivity contribution < 1.29 is 24.9 Å². The summed E-state index contributed by atoms with van der Waals surface area (Å²) in [6.07, 6.45) is 3.57. The van der Waals surface area contributed by atoms with Gasteiger partial charge in [-0.1, -0.05) is 30.0 Å². The molecule has 1 fully saturated rings. The summed E-state index contributed by atoms with van der Waals surface area (Å²) in [5.74, 6) is -1.88. The molecule has 1 saturated heterocycles. The molecule has 1 aromatic carbocycles. The topological polar surface area (TPSA) is 101 Å². The molecule has 128 valence electrons. The first-order chi connectivity index (χ1) is 11.3. The highest BCUT2D eigenvalue weighted by Crippen LogP contribution is 2.35. The van der Waals surface area contributed by atoms with Crippen LogP contribution in [0.2, 0.25) is 0 Å². The molecule has 1 aliphatic heterocycles. The highest BCUT2D eigenvalue weighted by atomic mass is 32.2. The van der Waals surface area contributed by atoms with Gasteiger partial charge in [0.1, 0.15) is 4.32 Å². The maximum absolute atomic E-state index is 12.5. The van der Waals surface area contributed by atoms with Crippen molar-refractivity contribution in [3.05, 3.63) is 28.7 Å². The van der Waals surface area contributed by atoms with E-state index in [1.54, 1.807) is 0 Å². The van der Waals surface area contributed by atoms with Crippen molar-refractivity contribution in [3.8, 4) is 11.5 Å². The van der Waals surface area contributed by atoms with Gasteiger partial charge >= 0.3 is 0 Å². The minimum absolute atomic E-state index is 0.157. The molecule has 0 spiro atoms. The van der Waals surface area contributed by atoms with Crippen LogP contribution in [0.3, 0.4) is 0 Å². The summed E-state index contributed by atoms with van der Waals surface area (Å²) in [7, 11) is 0. The monoisotopic (exact) mass is 384 g/mol. The van der Waals surface area contributed by atoms with Crippen molar-refractivity contribution in [2.24, 2.45) is 0 Å². The predicted octanol–water partition coefficient (Wildman–Crippen LogP) is 1.17. The Morgan fingerprint density at radius 3 is 2.75 bits per heavy atom. The maximum atomic E-state index is 12.5. The molecule has 0 unspecified atom stereocenters. The molecule has 24 heavy (non-hydrogen) atoms. The Morgan fingerprint density at radius 2 is 2.17 bits per heavy atom. The Kier molecular flexibility index (Phi) is 6.14. The number of hydrogen-bond acceptors (Lipinski definition) is 8. The smallest absolute Gasteiger partial charge is 0.266 e. The standard InChI is InChI=1S/C15H15NO5S3/c1-23-5-4-9(14(20)21)16-13(19)12(24-15(16)22)7-8-2-3-10(17)11(18)6-8/h2-3,6-7,9,17-18H,4-5H2,1H3,(H,20,21)/p-1/b12-7+/t9-/m0/s1. The van der Waals surface area contributed by atoms with Gasteiger partial charge in [-0.05, 0) is 42.2 Å². The van der Waals surface area contributed by atoms with E-state index in [2.05, 4.69) is 0 Å². The number of phenols is 2. The lowest BCUT2D eigenvalue weighted by Gasteiger charge is -2.27. The fraction of sp³-hybridized carbons (Fsp3) is 0.267. The quantitative estimate of drug-likeness (QED) is 0.428. The van der Waals surface area contributed by atoms with E-state index in [0.717, 1.165) is 16.7 Å². The third kappa shape index (κ3) is 4.03. The molecule has 0 aliphatic carbocycles. The second-order valence-electron chi connectivity index (χ2n) is 4.92. The summed E-state index contributed by atoms with van der Waals surface area (Å²) in [6.45, 7) is 0. The first-order valence-corrected chi connectivity index (χ1v) is 9.46. The number of aromatic hydroxyl groups is 2. The Labute approximate surface area is 152 Å². The second-order valence-corrected chi connectivity index (χ2v) is 7.58. The van der Waals surface area contributed by atoms with E-state index in [1.165, 1.54) is 36.0 Å². The van der Waals surface area contributed by atoms with Gasteiger partial charge < -0.3 is 20.1 Å². The van der Waals surface area contributed by atoms with Crippen molar-refractivity contribution in [3.63, 3.8) is 0 Å². The zero-order valence-electron chi connectivity index (χ0n) is 12.6. The molecular formula is C15H14NO5S3-. The van der Waals surface area contributed by atoms with Gasteiger partial charge in [0.15, 0.2) is 11.5 Å². The molecule has 1 atom stereocenters. The van der Waals surface area contributed by atoms with E-state index in [0.29, 0.717) is 11.3 Å². The zero-order chi connectivity index (χ0) is 17.9. The van der Waals surface area contributed by atoms with E-state index in [-0.39, 0.29) is 27.1 Å². The van der Waals surface area contributed by atoms with Crippen LogP contribution in [0.1, 0.15) is 12.0 Å². The number of phenolic OH excluding ortho intramolecular Hbond substituents is 2. The number of carboxylic acid groups (broad SMARTS) is 1. The van der Waals surface area contributed by atoms with Gasteiger partial charge in [0, 0.05) is 0 Å². The Balaban J connectivity index is 2.28. The SMILES string of the molecule is CSCC[C@@H](C(=O)[O-])N1C(=O)/C(=C\c2ccc(O)c(O)c2)SC1=S. The van der Waals surface area contributed by atoms with Crippen LogP contribution in [0.25, 0.3) is 6.08 Å². The number of carbonyl (C=O) groups excluding carboxylic acids is 2. The number of benzene rings is 1. The Bertz CT molecular complexity index is 719. The molecule has 0 aromatic heterocycles. The molecule has 1 aromatic rings. The largest absolute Gasteiger partial charge is 0.548 e. The Morgan fingerprint density at radius 1 is 1.46 bits per heavy atom. The molecule has 0 saturated carbocycles. The summed E-state index contributed by atoms with van der Waals surface area (Å²) < 4.78 is 0.157. The average Bonchev–Trinajstić information content (AvgIpc) is 2.78. The maximum Gasteiger partial charge on any atom is 0.266 e. The summed E-state index contributed by atoms with van der Waals surface area (Å²) in [4.78, 5) is 25.2. The minimum atomic E-state index is -1.34. The van der Waals surface area contributed by atoms with Gasteiger partial charge in [0.05, 0.1) is 16.9 Å². The second kappa shape index (κ2) is 7.91. The molecule has 2 rings (SSSR count). The van der Waals surface area contributed by atoms with Crippen LogP contribution < -0.4 is 5.11 Å². The van der Waals surface area contributed by atoms with Crippen molar-refractivity contribution in [2.45, 2.75) is 12.5 Å². The van der Waals surface area contributed by atoms with E-state index in [4.69, 9.17) is 12.2 Å². The van der Waals surface area contributed by atoms with Crippen LogP contribution >= 0.6 is 35.7 Å². The summed E-state index contributed by atoms with van der Waals surface area (Å²) >= 11 is 7.61. The first-order valence-electron chi connectivity index (χ1n) is 6.84. The fourth-order valence-electron chi connectivity index (χ4n) is 2.11. The minimum Gasteiger partial charge on any atom is -0.548 e. The van der Waals surface area contributed by atoms with E-state index < -0.39 is 17.9 Å². The number of aliphatic carboxylic acids is 1. The highest BCUT2D eigenvalue weighted by Gasteiger charge is 2.37. The molecule has 6 nitrogen and oxygen atoms in total. The van der Waals surface area contributed by atoms with Crippen molar-refractivity contribution in [1.29, 1.82) is 0 Å². The van der Waals surface area contributed by atoms with Crippen LogP contribution in [0.5, 0.6) is 11.5 Å². The highest BCUT2D eigenvalue weighted by molar-refractivity contribution is 8.26. The lowest BCUT2D eigenvalue weighted by molar-refractivity contribution is -0.310. The normalized spacial score (nSPS) is 17.5. The van der Waals surface area contributed by atoms with E-state index >= 15 is 0 Å². The number of carboxylic acids is 1. The summed E-state index contributed by atoms with van der Waals surface area (Å²) in [5, 5.41) is 30.2. The van der Waals surface area contributed by atoms with Crippen molar-refractivity contribution in [2.75, 3.05) is 12.0 Å². The number of nitrogens with zero attached hydrogens (tertiary/aromatic N) is 1. The van der Waals surface area contributed by atoms with Gasteiger partial charge in [0.25, 0.3) is 5.91 Å². The third-order valence-corrected chi connectivity index (χ3v) is 5.27. The number of amides is 1. The van der Waals surface area contributed by atoms with Gasteiger partial charge in [0.2, 0.25) is 0 Å². The number of hydrogen-bond donors (Lipinski definition) is 2. The fourth-order valence-corrected chi connectivity index (χ4v) is 3.93. The zero-order valence-corrected chi connectivity index (χ0v) is 15.0. The number of thiocarbonyl (C=S) groups is 1. The first kappa shape index (κ1) is 18.6. The van der Waals surface area contributed by atoms with Crippen molar-refractivity contribution >= 4 is 58.0 Å². The van der Waals surface area contributed by atoms with Gasteiger partial charge in [-0.3, -0.25) is 9.69 Å². The lowest BCUT2D eigenvalue weighted by atomic mass is 10.1. The predicted molar refractivity (Wildman–Crippen MR) is 96.6 cm³/mol. The lowest BCUT2D eigenvalue weighted by Crippen LogP contribution is -2.50.